The number of phenols is 2. The van der Waals surface area contributed by atoms with Crippen molar-refractivity contribution < 1.29 is 19.7 Å². The van der Waals surface area contributed by atoms with Gasteiger partial charge < -0.3 is 25.6 Å². The molecule has 0 aliphatic heterocycles. The Kier molecular flexibility index (Phi) is 6.83. The fourth-order valence-electron chi connectivity index (χ4n) is 1.77. The van der Waals surface area contributed by atoms with Crippen LogP contribution in [0.5, 0.6) is 11.5 Å². The quantitative estimate of drug-likeness (QED) is 0.532. The number of methoxy groups -OCH3 is 1. The van der Waals surface area contributed by atoms with Crippen LogP contribution < -0.4 is 10.6 Å². The molecule has 0 spiro atoms. The molecule has 1 rings (SSSR count). The highest BCUT2D eigenvalue weighted by Gasteiger charge is 2.08. The number of hydrogen-bond donors (Lipinski definition) is 4. The van der Waals surface area contributed by atoms with E-state index >= 15 is 0 Å². The summed E-state index contributed by atoms with van der Waals surface area (Å²) >= 11 is 0. The summed E-state index contributed by atoms with van der Waals surface area (Å²) in [5, 5.41) is 24.7. The second-order valence-corrected chi connectivity index (χ2v) is 4.55. The molecule has 1 unspecified atom stereocenters. The molecule has 1 amide bonds. The van der Waals surface area contributed by atoms with Gasteiger partial charge in [0.25, 0.3) is 0 Å². The number of carbonyl (C=O) groups excluding carboxylic acids is 1. The third-order valence-electron chi connectivity index (χ3n) is 2.86. The summed E-state index contributed by atoms with van der Waals surface area (Å²) in [6, 6.07) is 4.37. The Balaban J connectivity index is 2.32. The maximum absolute atomic E-state index is 11.5. The number of aromatic hydroxyl groups is 2. The zero-order valence-electron chi connectivity index (χ0n) is 11.8. The van der Waals surface area contributed by atoms with Gasteiger partial charge in [-0.3, -0.25) is 4.79 Å². The van der Waals surface area contributed by atoms with Gasteiger partial charge in [0.15, 0.2) is 0 Å². The first kappa shape index (κ1) is 16.3. The zero-order valence-corrected chi connectivity index (χ0v) is 11.8. The van der Waals surface area contributed by atoms with Crippen LogP contribution >= 0.6 is 0 Å². The van der Waals surface area contributed by atoms with Crippen molar-refractivity contribution in [1.82, 2.24) is 10.6 Å². The predicted octanol–water partition coefficient (Wildman–Crippen LogP) is 0.901. The highest BCUT2D eigenvalue weighted by Crippen LogP contribution is 2.24. The molecule has 1 atom stereocenters. The first-order valence-corrected chi connectivity index (χ1v) is 6.55. The Morgan fingerprint density at radius 2 is 1.90 bits per heavy atom. The average molecular weight is 282 g/mol. The van der Waals surface area contributed by atoms with Crippen LogP contribution in [0.2, 0.25) is 0 Å². The lowest BCUT2D eigenvalue weighted by molar-refractivity contribution is -0.121. The second kappa shape index (κ2) is 8.39. The van der Waals surface area contributed by atoms with Crippen LogP contribution in [-0.2, 0) is 9.53 Å². The van der Waals surface area contributed by atoms with Gasteiger partial charge in [0.2, 0.25) is 5.91 Å². The van der Waals surface area contributed by atoms with Crippen LogP contribution in [0.4, 0.5) is 0 Å². The molecule has 0 bridgehead atoms. The minimum Gasteiger partial charge on any atom is -0.508 e. The van der Waals surface area contributed by atoms with Crippen LogP contribution in [0.25, 0.3) is 0 Å². The van der Waals surface area contributed by atoms with Gasteiger partial charge in [-0.25, -0.2) is 0 Å². The van der Waals surface area contributed by atoms with Gasteiger partial charge in [0, 0.05) is 38.7 Å². The van der Waals surface area contributed by atoms with Crippen molar-refractivity contribution in [1.29, 1.82) is 0 Å². The first-order valence-electron chi connectivity index (χ1n) is 6.55. The maximum Gasteiger partial charge on any atom is 0.221 e. The van der Waals surface area contributed by atoms with Crippen molar-refractivity contribution >= 4 is 5.91 Å². The Morgan fingerprint density at radius 3 is 2.50 bits per heavy atom. The van der Waals surface area contributed by atoms with E-state index < -0.39 is 0 Å². The number of carbonyl (C=O) groups is 1. The fraction of sp³-hybridized carbons (Fsp3) is 0.500. The molecule has 0 radical (unpaired) electrons. The van der Waals surface area contributed by atoms with E-state index in [4.69, 9.17) is 4.74 Å². The van der Waals surface area contributed by atoms with Gasteiger partial charge >= 0.3 is 0 Å². The van der Waals surface area contributed by atoms with Gasteiger partial charge in [-0.05, 0) is 24.6 Å². The normalized spacial score (nSPS) is 12.1. The first-order chi connectivity index (χ1) is 9.52. The lowest BCUT2D eigenvalue weighted by atomic mass is 10.1. The molecule has 1 aromatic rings. The van der Waals surface area contributed by atoms with E-state index in [0.29, 0.717) is 26.1 Å². The summed E-state index contributed by atoms with van der Waals surface area (Å²) in [6.45, 7) is 3.41. The summed E-state index contributed by atoms with van der Waals surface area (Å²) in [6.07, 6.45) is 0.360. The van der Waals surface area contributed by atoms with Gasteiger partial charge in [-0.2, -0.15) is 0 Å². The van der Waals surface area contributed by atoms with Gasteiger partial charge in [-0.15, -0.1) is 0 Å². The number of nitrogens with one attached hydrogen (secondary N) is 2. The molecule has 6 nitrogen and oxygen atoms in total. The Bertz CT molecular complexity index is 417. The van der Waals surface area contributed by atoms with E-state index in [2.05, 4.69) is 10.6 Å². The molecule has 0 aliphatic carbocycles. The van der Waals surface area contributed by atoms with E-state index in [1.165, 1.54) is 6.07 Å². The third-order valence-corrected chi connectivity index (χ3v) is 2.86. The van der Waals surface area contributed by atoms with E-state index in [1.807, 2.05) is 6.92 Å². The number of amides is 1. The summed E-state index contributed by atoms with van der Waals surface area (Å²) in [5.41, 5.74) is 0.766. The third kappa shape index (κ3) is 5.90. The molecule has 0 aliphatic rings. The van der Waals surface area contributed by atoms with E-state index in [-0.39, 0.29) is 23.4 Å². The summed E-state index contributed by atoms with van der Waals surface area (Å²) < 4.78 is 4.84. The monoisotopic (exact) mass is 282 g/mol. The van der Waals surface area contributed by atoms with Crippen LogP contribution in [0.1, 0.15) is 24.9 Å². The van der Waals surface area contributed by atoms with Crippen molar-refractivity contribution in [3.8, 4) is 11.5 Å². The van der Waals surface area contributed by atoms with Crippen LogP contribution in [0.15, 0.2) is 18.2 Å². The van der Waals surface area contributed by atoms with Crippen molar-refractivity contribution in [2.24, 2.45) is 0 Å². The highest BCUT2D eigenvalue weighted by atomic mass is 16.5. The minimum atomic E-state index is -0.0697. The number of benzene rings is 1. The van der Waals surface area contributed by atoms with Gasteiger partial charge in [-0.1, -0.05) is 0 Å². The zero-order chi connectivity index (χ0) is 15.0. The summed E-state index contributed by atoms with van der Waals surface area (Å²) in [5.74, 6) is -0.00239. The minimum absolute atomic E-state index is 0.0194. The Morgan fingerprint density at radius 1 is 1.25 bits per heavy atom. The van der Waals surface area contributed by atoms with Crippen molar-refractivity contribution in [3.63, 3.8) is 0 Å². The topological polar surface area (TPSA) is 90.8 Å². The Labute approximate surface area is 118 Å². The molecule has 1 aromatic carbocycles. The van der Waals surface area contributed by atoms with Gasteiger partial charge in [0.1, 0.15) is 11.5 Å². The fourth-order valence-corrected chi connectivity index (χ4v) is 1.77. The average Bonchev–Trinajstić information content (AvgIpc) is 2.37. The second-order valence-electron chi connectivity index (χ2n) is 4.55. The van der Waals surface area contributed by atoms with Gasteiger partial charge in [0.05, 0.1) is 6.61 Å². The van der Waals surface area contributed by atoms with Crippen LogP contribution in [0.3, 0.4) is 0 Å². The number of phenolic OH excluding ortho intramolecular Hbond substituents is 2. The van der Waals surface area contributed by atoms with E-state index in [0.717, 1.165) is 5.56 Å². The Hall–Kier alpha value is -1.79. The molecule has 0 aromatic heterocycles. The molecule has 112 valence electrons. The largest absolute Gasteiger partial charge is 0.508 e. The SMILES string of the molecule is COCCNC(=O)CCNC(C)c1cc(O)cc(O)c1. The summed E-state index contributed by atoms with van der Waals surface area (Å²) in [7, 11) is 1.58. The lowest BCUT2D eigenvalue weighted by Gasteiger charge is -2.15. The molecule has 6 heteroatoms. The number of ether oxygens (including phenoxy) is 1. The van der Waals surface area contributed by atoms with E-state index in [1.54, 1.807) is 19.2 Å². The molecule has 0 heterocycles. The maximum atomic E-state index is 11.5. The van der Waals surface area contributed by atoms with Crippen molar-refractivity contribution in [3.05, 3.63) is 23.8 Å². The molecule has 0 saturated carbocycles. The standard InChI is InChI=1S/C14H22N2O4/c1-10(11-7-12(17)9-13(18)8-11)15-4-3-14(19)16-5-6-20-2/h7-10,15,17-18H,3-6H2,1-2H3,(H,16,19). The molecule has 0 fully saturated rings. The molecular formula is C14H22N2O4. The van der Waals surface area contributed by atoms with Crippen LogP contribution in [0, 0.1) is 0 Å². The molecule has 4 N–H and O–H groups in total. The molecule has 20 heavy (non-hydrogen) atoms. The van der Waals surface area contributed by atoms with E-state index in [9.17, 15) is 15.0 Å². The summed E-state index contributed by atoms with van der Waals surface area (Å²) in [4.78, 5) is 11.5. The van der Waals surface area contributed by atoms with Crippen molar-refractivity contribution in [2.75, 3.05) is 26.8 Å². The molecule has 0 saturated heterocycles. The predicted molar refractivity (Wildman–Crippen MR) is 75.7 cm³/mol. The molecular weight excluding hydrogens is 260 g/mol. The van der Waals surface area contributed by atoms with Crippen LogP contribution in [-0.4, -0.2) is 42.9 Å². The number of rotatable bonds is 8. The lowest BCUT2D eigenvalue weighted by Crippen LogP contribution is -2.30. The van der Waals surface area contributed by atoms with Crippen molar-refractivity contribution in [2.45, 2.75) is 19.4 Å². The highest BCUT2D eigenvalue weighted by molar-refractivity contribution is 5.76. The number of hydrogen-bond acceptors (Lipinski definition) is 5. The smallest absolute Gasteiger partial charge is 0.221 e.